The summed E-state index contributed by atoms with van der Waals surface area (Å²) in [5, 5.41) is 4.88. The van der Waals surface area contributed by atoms with Crippen LogP contribution in [0.3, 0.4) is 0 Å². The van der Waals surface area contributed by atoms with Crippen LogP contribution in [0.2, 0.25) is 0 Å². The van der Waals surface area contributed by atoms with Crippen molar-refractivity contribution in [3.05, 3.63) is 224 Å². The average Bonchev–Trinajstić information content (AvgIpc) is 3.87. The van der Waals surface area contributed by atoms with Crippen molar-refractivity contribution in [2.75, 3.05) is 0 Å². The van der Waals surface area contributed by atoms with Gasteiger partial charge in [-0.05, 0) is 76.9 Å². The summed E-state index contributed by atoms with van der Waals surface area (Å²) in [4.78, 5) is 15.5. The molecule has 0 fully saturated rings. The lowest BCUT2D eigenvalue weighted by atomic mass is 10.0. The van der Waals surface area contributed by atoms with Crippen LogP contribution < -0.4 is 0 Å². The second-order valence-corrected chi connectivity index (χ2v) is 15.7. The summed E-state index contributed by atoms with van der Waals surface area (Å²) in [6.07, 6.45) is 0. The number of para-hydroxylation sites is 3. The topological polar surface area (TPSA) is 48.5 Å². The highest BCUT2D eigenvalue weighted by Crippen LogP contribution is 2.38. The summed E-state index contributed by atoms with van der Waals surface area (Å²) in [5.41, 5.74) is 14.1. The monoisotopic (exact) mass is 791 g/mol. The molecule has 0 aliphatic carbocycles. The highest BCUT2D eigenvalue weighted by molar-refractivity contribution is 6.12. The van der Waals surface area contributed by atoms with E-state index in [1.54, 1.807) is 0 Å². The second kappa shape index (κ2) is 14.7. The van der Waals surface area contributed by atoms with Crippen molar-refractivity contribution in [2.24, 2.45) is 0 Å². The van der Waals surface area contributed by atoms with Crippen molar-refractivity contribution >= 4 is 43.6 Å². The summed E-state index contributed by atoms with van der Waals surface area (Å²) in [6, 6.07) is 79.2. The van der Waals surface area contributed by atoms with Crippen LogP contribution in [0.25, 0.3) is 111 Å². The van der Waals surface area contributed by atoms with Crippen molar-refractivity contribution < 1.29 is 0 Å². The molecule has 0 saturated carbocycles. The van der Waals surface area contributed by atoms with Gasteiger partial charge in [-0.2, -0.15) is 0 Å². The summed E-state index contributed by atoms with van der Waals surface area (Å²) < 4.78 is 4.75. The maximum absolute atomic E-state index is 5.20. The molecule has 0 aliphatic rings. The molecule has 0 spiro atoms. The molecule has 290 valence electrons. The first kappa shape index (κ1) is 35.5. The number of fused-ring (bicyclic) bond motifs is 6. The Morgan fingerprint density at radius 2 is 0.613 bits per heavy atom. The molecule has 0 aliphatic heterocycles. The van der Waals surface area contributed by atoms with E-state index in [2.05, 4.69) is 221 Å². The normalized spacial score (nSPS) is 11.5. The van der Waals surface area contributed by atoms with E-state index >= 15 is 0 Å². The van der Waals surface area contributed by atoms with E-state index < -0.39 is 0 Å². The fourth-order valence-electron chi connectivity index (χ4n) is 9.04. The predicted molar refractivity (Wildman–Crippen MR) is 256 cm³/mol. The summed E-state index contributed by atoms with van der Waals surface area (Å²) in [7, 11) is 0. The van der Waals surface area contributed by atoms with E-state index in [1.807, 2.05) is 12.1 Å². The van der Waals surface area contributed by atoms with Gasteiger partial charge >= 0.3 is 0 Å². The van der Waals surface area contributed by atoms with Gasteiger partial charge in [-0.15, -0.1) is 0 Å². The fraction of sp³-hybridized carbons (Fsp3) is 0. The third-order valence-electron chi connectivity index (χ3n) is 12.0. The Bertz CT molecular complexity index is 3570. The van der Waals surface area contributed by atoms with Gasteiger partial charge in [0.2, 0.25) is 0 Å². The van der Waals surface area contributed by atoms with Crippen molar-refractivity contribution in [2.45, 2.75) is 0 Å². The molecule has 0 saturated heterocycles. The minimum Gasteiger partial charge on any atom is -0.309 e. The van der Waals surface area contributed by atoms with E-state index in [4.69, 9.17) is 15.0 Å². The third-order valence-corrected chi connectivity index (χ3v) is 12.0. The first-order valence-electron chi connectivity index (χ1n) is 20.9. The molecular weight excluding hydrogens is 755 g/mol. The maximum Gasteiger partial charge on any atom is 0.164 e. The van der Waals surface area contributed by atoms with E-state index in [-0.39, 0.29) is 0 Å². The van der Waals surface area contributed by atoms with Crippen LogP contribution in [0.5, 0.6) is 0 Å². The van der Waals surface area contributed by atoms with Gasteiger partial charge in [-0.25, -0.2) is 15.0 Å². The zero-order chi connectivity index (χ0) is 41.0. The van der Waals surface area contributed by atoms with Gasteiger partial charge in [-0.3, -0.25) is 0 Å². The first-order chi connectivity index (χ1) is 30.7. The van der Waals surface area contributed by atoms with Crippen molar-refractivity contribution in [3.8, 4) is 67.8 Å². The molecule has 5 heteroatoms. The molecule has 3 aromatic heterocycles. The Balaban J connectivity index is 1.00. The van der Waals surface area contributed by atoms with E-state index in [1.165, 1.54) is 38.1 Å². The van der Waals surface area contributed by atoms with Crippen molar-refractivity contribution in [3.63, 3.8) is 0 Å². The lowest BCUT2D eigenvalue weighted by Crippen LogP contribution is -2.01. The number of hydrogen-bond acceptors (Lipinski definition) is 3. The molecule has 3 heterocycles. The largest absolute Gasteiger partial charge is 0.309 e. The van der Waals surface area contributed by atoms with Crippen molar-refractivity contribution in [1.29, 1.82) is 0 Å². The molecule has 0 N–H and O–H groups in total. The SMILES string of the molecule is c1ccc(-c2ccc(-c3nc(-c4cccc(-c5ccccc5)c4)nc(-c4cccc(-n5c6ccccc6c6cc(-n7c8ccccc8c8ccccc87)ccc65)c4)n3)cc2)cc1. The van der Waals surface area contributed by atoms with Crippen LogP contribution in [0.1, 0.15) is 0 Å². The molecular formula is C57H37N5. The lowest BCUT2D eigenvalue weighted by Gasteiger charge is -2.13. The maximum atomic E-state index is 5.20. The number of nitrogens with zero attached hydrogens (tertiary/aromatic N) is 5. The quantitative estimate of drug-likeness (QED) is 0.162. The second-order valence-electron chi connectivity index (χ2n) is 15.7. The van der Waals surface area contributed by atoms with Crippen LogP contribution in [-0.2, 0) is 0 Å². The smallest absolute Gasteiger partial charge is 0.164 e. The molecule has 0 amide bonds. The molecule has 9 aromatic carbocycles. The molecule has 62 heavy (non-hydrogen) atoms. The van der Waals surface area contributed by atoms with Crippen LogP contribution in [-0.4, -0.2) is 24.1 Å². The number of aromatic nitrogens is 5. The Kier molecular flexibility index (Phi) is 8.42. The average molecular weight is 792 g/mol. The molecule has 12 rings (SSSR count). The molecule has 0 radical (unpaired) electrons. The lowest BCUT2D eigenvalue weighted by molar-refractivity contribution is 1.07. The molecule has 0 bridgehead atoms. The first-order valence-corrected chi connectivity index (χ1v) is 20.9. The highest BCUT2D eigenvalue weighted by atomic mass is 15.0. The Morgan fingerprint density at radius 3 is 1.21 bits per heavy atom. The standard InChI is InChI=1S/C57H37N5/c1-3-15-38(16-4-1)40-29-31-41(32-30-40)55-58-56(43-20-13-19-42(35-43)39-17-5-2-6-18-39)60-57(59-55)44-21-14-22-45(36-44)61-53-28-12-9-25-49(53)50-37-46(33-34-54(50)61)62-51-26-10-7-23-47(51)48-24-8-11-27-52(48)62/h1-37H. The predicted octanol–water partition coefficient (Wildman–Crippen LogP) is 14.4. The highest BCUT2D eigenvalue weighted by Gasteiger charge is 2.18. The van der Waals surface area contributed by atoms with Crippen molar-refractivity contribution in [1.82, 2.24) is 24.1 Å². The van der Waals surface area contributed by atoms with Gasteiger partial charge in [0.1, 0.15) is 0 Å². The summed E-state index contributed by atoms with van der Waals surface area (Å²) in [6.45, 7) is 0. The van der Waals surface area contributed by atoms with Gasteiger partial charge in [0.15, 0.2) is 17.5 Å². The Morgan fingerprint density at radius 1 is 0.226 bits per heavy atom. The third kappa shape index (κ3) is 6.06. The summed E-state index contributed by atoms with van der Waals surface area (Å²) in [5.74, 6) is 1.85. The number of hydrogen-bond donors (Lipinski definition) is 0. The van der Waals surface area contributed by atoms with Gasteiger partial charge in [0, 0.05) is 49.6 Å². The van der Waals surface area contributed by atoms with E-state index in [0.29, 0.717) is 17.5 Å². The Labute approximate surface area is 358 Å². The number of rotatable bonds is 7. The number of benzene rings is 9. The van der Waals surface area contributed by atoms with Gasteiger partial charge in [-0.1, -0.05) is 170 Å². The molecule has 0 atom stereocenters. The zero-order valence-electron chi connectivity index (χ0n) is 33.6. The van der Waals surface area contributed by atoms with Crippen LogP contribution >= 0.6 is 0 Å². The van der Waals surface area contributed by atoms with Crippen LogP contribution in [0.4, 0.5) is 0 Å². The zero-order valence-corrected chi connectivity index (χ0v) is 33.6. The summed E-state index contributed by atoms with van der Waals surface area (Å²) >= 11 is 0. The molecule has 5 nitrogen and oxygen atoms in total. The molecule has 0 unspecified atom stereocenters. The minimum atomic E-state index is 0.610. The van der Waals surface area contributed by atoms with E-state index in [0.717, 1.165) is 55.8 Å². The Hall–Kier alpha value is -8.41. The van der Waals surface area contributed by atoms with Crippen LogP contribution in [0.15, 0.2) is 224 Å². The fourth-order valence-corrected chi connectivity index (χ4v) is 9.04. The van der Waals surface area contributed by atoms with Gasteiger partial charge in [0.05, 0.1) is 22.1 Å². The van der Waals surface area contributed by atoms with Gasteiger partial charge in [0.25, 0.3) is 0 Å². The van der Waals surface area contributed by atoms with Crippen LogP contribution in [0, 0.1) is 0 Å². The molecule has 12 aromatic rings. The minimum absolute atomic E-state index is 0.610. The van der Waals surface area contributed by atoms with E-state index in [9.17, 15) is 0 Å². The van der Waals surface area contributed by atoms with Gasteiger partial charge < -0.3 is 9.13 Å².